The molecule has 6 heteroatoms. The molecule has 0 aliphatic heterocycles. The number of nitrogens with zero attached hydrogens (tertiary/aromatic N) is 1. The second-order valence-electron chi connectivity index (χ2n) is 4.36. The molecule has 1 rings (SSSR count). The highest BCUT2D eigenvalue weighted by molar-refractivity contribution is 7.92. The first-order valence-electron chi connectivity index (χ1n) is 5.73. The molecule has 18 heavy (non-hydrogen) atoms. The molecule has 0 aliphatic carbocycles. The van der Waals surface area contributed by atoms with E-state index >= 15 is 0 Å². The Morgan fingerprint density at radius 2 is 1.94 bits per heavy atom. The van der Waals surface area contributed by atoms with Gasteiger partial charge in [-0.3, -0.25) is 4.72 Å². The molecule has 0 aromatic heterocycles. The lowest BCUT2D eigenvalue weighted by Gasteiger charge is -2.15. The van der Waals surface area contributed by atoms with E-state index in [2.05, 4.69) is 4.72 Å². The van der Waals surface area contributed by atoms with E-state index in [-0.39, 0.29) is 5.75 Å². The Hall–Kier alpha value is -0.780. The van der Waals surface area contributed by atoms with Gasteiger partial charge >= 0.3 is 0 Å². The van der Waals surface area contributed by atoms with Crippen LogP contribution >= 0.6 is 11.6 Å². The summed E-state index contributed by atoms with van der Waals surface area (Å²) < 4.78 is 26.2. The zero-order valence-corrected chi connectivity index (χ0v) is 12.3. The second kappa shape index (κ2) is 6.97. The summed E-state index contributed by atoms with van der Waals surface area (Å²) in [6.45, 7) is 0.689. The standard InChI is InChI=1S/C12H19ClN2O2S/c1-15(2)10-11-6-3-4-7-12(11)14-18(16,17)9-5-8-13/h3-4,6-7,14H,5,8-10H2,1-2H3. The maximum atomic E-state index is 11.8. The van der Waals surface area contributed by atoms with Crippen molar-refractivity contribution in [3.05, 3.63) is 29.8 Å². The lowest BCUT2D eigenvalue weighted by molar-refractivity contribution is 0.403. The zero-order chi connectivity index (χ0) is 13.6. The Morgan fingerprint density at radius 3 is 2.56 bits per heavy atom. The van der Waals surface area contributed by atoms with Gasteiger partial charge in [0.1, 0.15) is 0 Å². The molecule has 0 unspecified atom stereocenters. The first kappa shape index (κ1) is 15.3. The molecule has 0 spiro atoms. The Kier molecular flexibility index (Phi) is 5.91. The number of rotatable bonds is 7. The third kappa shape index (κ3) is 5.25. The van der Waals surface area contributed by atoms with Gasteiger partial charge < -0.3 is 4.90 Å². The van der Waals surface area contributed by atoms with Crippen molar-refractivity contribution in [1.82, 2.24) is 4.90 Å². The van der Waals surface area contributed by atoms with Gasteiger partial charge in [0.25, 0.3) is 0 Å². The summed E-state index contributed by atoms with van der Waals surface area (Å²) in [5.74, 6) is 0.396. The minimum Gasteiger partial charge on any atom is -0.305 e. The molecule has 0 fully saturated rings. The van der Waals surface area contributed by atoms with Crippen LogP contribution in [0.15, 0.2) is 24.3 Å². The molecule has 4 nitrogen and oxygen atoms in total. The van der Waals surface area contributed by atoms with Gasteiger partial charge in [0.2, 0.25) is 10.0 Å². The van der Waals surface area contributed by atoms with Gasteiger partial charge in [0.05, 0.1) is 11.4 Å². The fraction of sp³-hybridized carbons (Fsp3) is 0.500. The van der Waals surface area contributed by atoms with Gasteiger partial charge in [0.15, 0.2) is 0 Å². The predicted octanol–water partition coefficient (Wildman–Crippen LogP) is 2.12. The summed E-state index contributed by atoms with van der Waals surface area (Å²) in [6, 6.07) is 7.41. The average molecular weight is 291 g/mol. The monoisotopic (exact) mass is 290 g/mol. The highest BCUT2D eigenvalue weighted by Gasteiger charge is 2.12. The van der Waals surface area contributed by atoms with Crippen LogP contribution in [0.2, 0.25) is 0 Å². The van der Waals surface area contributed by atoms with E-state index in [1.54, 1.807) is 6.07 Å². The third-order valence-electron chi connectivity index (χ3n) is 2.32. The van der Waals surface area contributed by atoms with Crippen molar-refractivity contribution in [2.75, 3.05) is 30.5 Å². The van der Waals surface area contributed by atoms with Crippen LogP contribution in [0.25, 0.3) is 0 Å². The Balaban J connectivity index is 2.83. The average Bonchev–Trinajstić information content (AvgIpc) is 2.28. The van der Waals surface area contributed by atoms with Crippen molar-refractivity contribution < 1.29 is 8.42 Å². The molecule has 0 saturated carbocycles. The molecule has 0 aliphatic rings. The van der Waals surface area contributed by atoms with E-state index in [1.165, 1.54) is 0 Å². The number of halogens is 1. The van der Waals surface area contributed by atoms with Gasteiger partial charge in [-0.05, 0) is 32.1 Å². The molecular formula is C12H19ClN2O2S. The van der Waals surface area contributed by atoms with E-state index in [1.807, 2.05) is 37.2 Å². The number of benzene rings is 1. The van der Waals surface area contributed by atoms with Crippen LogP contribution in [0.5, 0.6) is 0 Å². The third-order valence-corrected chi connectivity index (χ3v) is 3.94. The summed E-state index contributed by atoms with van der Waals surface area (Å²) in [4.78, 5) is 1.99. The van der Waals surface area contributed by atoms with Crippen molar-refractivity contribution in [3.8, 4) is 0 Å². The van der Waals surface area contributed by atoms with Gasteiger partial charge in [0, 0.05) is 12.4 Å². The Morgan fingerprint density at radius 1 is 1.28 bits per heavy atom. The van der Waals surface area contributed by atoms with Gasteiger partial charge in [-0.15, -0.1) is 11.6 Å². The highest BCUT2D eigenvalue weighted by Crippen LogP contribution is 2.18. The van der Waals surface area contributed by atoms with Gasteiger partial charge in [-0.25, -0.2) is 8.42 Å². The van der Waals surface area contributed by atoms with Crippen molar-refractivity contribution in [2.24, 2.45) is 0 Å². The summed E-state index contributed by atoms with van der Waals surface area (Å²) >= 11 is 5.51. The number of sulfonamides is 1. The minimum atomic E-state index is -3.31. The summed E-state index contributed by atoms with van der Waals surface area (Å²) in [7, 11) is 0.578. The minimum absolute atomic E-state index is 0.0484. The topological polar surface area (TPSA) is 49.4 Å². The van der Waals surface area contributed by atoms with Crippen molar-refractivity contribution in [3.63, 3.8) is 0 Å². The summed E-state index contributed by atoms with van der Waals surface area (Å²) in [6.07, 6.45) is 0.451. The van der Waals surface area contributed by atoms with Crippen molar-refractivity contribution in [2.45, 2.75) is 13.0 Å². The van der Waals surface area contributed by atoms with Crippen LogP contribution in [0, 0.1) is 0 Å². The molecule has 0 atom stereocenters. The number of para-hydroxylation sites is 1. The van der Waals surface area contributed by atoms with E-state index in [0.717, 1.165) is 5.56 Å². The fourth-order valence-corrected chi connectivity index (χ4v) is 3.01. The first-order chi connectivity index (χ1) is 8.44. The molecular weight excluding hydrogens is 272 g/mol. The molecule has 102 valence electrons. The number of alkyl halides is 1. The van der Waals surface area contributed by atoms with E-state index < -0.39 is 10.0 Å². The number of hydrogen-bond acceptors (Lipinski definition) is 3. The number of anilines is 1. The van der Waals surface area contributed by atoms with Crippen LogP contribution < -0.4 is 4.72 Å². The van der Waals surface area contributed by atoms with E-state index in [0.29, 0.717) is 24.5 Å². The van der Waals surface area contributed by atoms with Crippen LogP contribution in [-0.4, -0.2) is 39.0 Å². The molecule has 1 aromatic rings. The largest absolute Gasteiger partial charge is 0.305 e. The Labute approximate surface area is 114 Å². The van der Waals surface area contributed by atoms with E-state index in [9.17, 15) is 8.42 Å². The summed E-state index contributed by atoms with van der Waals surface area (Å²) in [5, 5.41) is 0. The lowest BCUT2D eigenvalue weighted by atomic mass is 10.2. The Bertz CT molecular complexity index is 475. The van der Waals surface area contributed by atoms with E-state index in [4.69, 9.17) is 11.6 Å². The molecule has 1 N–H and O–H groups in total. The molecule has 0 heterocycles. The molecule has 0 saturated heterocycles. The van der Waals surface area contributed by atoms with Crippen LogP contribution in [0.4, 0.5) is 5.69 Å². The van der Waals surface area contributed by atoms with Crippen molar-refractivity contribution >= 4 is 27.3 Å². The number of nitrogens with one attached hydrogen (secondary N) is 1. The smallest absolute Gasteiger partial charge is 0.232 e. The predicted molar refractivity (Wildman–Crippen MR) is 76.6 cm³/mol. The van der Waals surface area contributed by atoms with Gasteiger partial charge in [-0.1, -0.05) is 18.2 Å². The van der Waals surface area contributed by atoms with Crippen molar-refractivity contribution in [1.29, 1.82) is 0 Å². The summed E-state index contributed by atoms with van der Waals surface area (Å²) in [5.41, 5.74) is 1.60. The van der Waals surface area contributed by atoms with Crippen LogP contribution in [0.3, 0.4) is 0 Å². The number of hydrogen-bond donors (Lipinski definition) is 1. The highest BCUT2D eigenvalue weighted by atomic mass is 35.5. The zero-order valence-electron chi connectivity index (χ0n) is 10.7. The molecule has 0 radical (unpaired) electrons. The quantitative estimate of drug-likeness (QED) is 0.783. The maximum absolute atomic E-state index is 11.8. The molecule has 0 bridgehead atoms. The molecule has 1 aromatic carbocycles. The maximum Gasteiger partial charge on any atom is 0.232 e. The normalized spacial score (nSPS) is 11.8. The first-order valence-corrected chi connectivity index (χ1v) is 7.92. The van der Waals surface area contributed by atoms with Gasteiger partial charge in [-0.2, -0.15) is 0 Å². The van der Waals surface area contributed by atoms with Crippen LogP contribution in [0.1, 0.15) is 12.0 Å². The SMILES string of the molecule is CN(C)Cc1ccccc1NS(=O)(=O)CCCCl. The fourth-order valence-electron chi connectivity index (χ4n) is 1.56. The second-order valence-corrected chi connectivity index (χ2v) is 6.58. The van der Waals surface area contributed by atoms with Crippen LogP contribution in [-0.2, 0) is 16.6 Å². The lowest BCUT2D eigenvalue weighted by Crippen LogP contribution is -2.19. The molecule has 0 amide bonds.